The monoisotopic (exact) mass is 316 g/mol. The van der Waals surface area contributed by atoms with Crippen LogP contribution in [-0.4, -0.2) is 16.5 Å². The standard InChI is InChI=1S/C19H16N4O/c1-13-4-2-5-14(10-13)19-22-16-7-9-23(12-17(16)24-19)18-15(11-20)6-3-8-21-18/h2-6,8,10H,7,9,12H2,1H3. The summed E-state index contributed by atoms with van der Waals surface area (Å²) < 4.78 is 6.01. The van der Waals surface area contributed by atoms with E-state index in [1.807, 2.05) is 12.1 Å². The van der Waals surface area contributed by atoms with Crippen LogP contribution in [-0.2, 0) is 13.0 Å². The summed E-state index contributed by atoms with van der Waals surface area (Å²) in [5.74, 6) is 2.22. The summed E-state index contributed by atoms with van der Waals surface area (Å²) in [5, 5.41) is 9.27. The predicted molar refractivity (Wildman–Crippen MR) is 90.4 cm³/mol. The zero-order valence-electron chi connectivity index (χ0n) is 13.4. The Hall–Kier alpha value is -3.13. The molecule has 1 aromatic carbocycles. The van der Waals surface area contributed by atoms with E-state index in [1.165, 1.54) is 5.56 Å². The molecule has 1 aliphatic rings. The highest BCUT2D eigenvalue weighted by Crippen LogP contribution is 2.29. The lowest BCUT2D eigenvalue weighted by molar-refractivity contribution is 0.494. The number of anilines is 1. The number of nitriles is 1. The molecular formula is C19H16N4O. The Bertz CT molecular complexity index is 939. The summed E-state index contributed by atoms with van der Waals surface area (Å²) in [6, 6.07) is 13.9. The van der Waals surface area contributed by atoms with E-state index in [-0.39, 0.29) is 0 Å². The van der Waals surface area contributed by atoms with Crippen molar-refractivity contribution < 1.29 is 4.42 Å². The number of rotatable bonds is 2. The summed E-state index contributed by atoms with van der Waals surface area (Å²) in [7, 11) is 0. The van der Waals surface area contributed by atoms with Gasteiger partial charge in [-0.2, -0.15) is 5.26 Å². The summed E-state index contributed by atoms with van der Waals surface area (Å²) in [6.45, 7) is 3.41. The van der Waals surface area contributed by atoms with E-state index in [0.717, 1.165) is 30.0 Å². The maximum Gasteiger partial charge on any atom is 0.226 e. The number of benzene rings is 1. The van der Waals surface area contributed by atoms with Gasteiger partial charge >= 0.3 is 0 Å². The highest BCUT2D eigenvalue weighted by atomic mass is 16.4. The molecule has 0 aliphatic carbocycles. The lowest BCUT2D eigenvalue weighted by Gasteiger charge is -2.26. The molecule has 3 aromatic rings. The first-order chi connectivity index (χ1) is 11.7. The minimum atomic E-state index is 0.583. The molecule has 24 heavy (non-hydrogen) atoms. The summed E-state index contributed by atoms with van der Waals surface area (Å²) in [4.78, 5) is 11.1. The van der Waals surface area contributed by atoms with E-state index in [2.05, 4.69) is 40.0 Å². The van der Waals surface area contributed by atoms with Gasteiger partial charge in [-0.15, -0.1) is 0 Å². The molecule has 1 aliphatic heterocycles. The lowest BCUT2D eigenvalue weighted by Crippen LogP contribution is -2.31. The lowest BCUT2D eigenvalue weighted by atomic mass is 10.1. The van der Waals surface area contributed by atoms with Crippen molar-refractivity contribution in [1.29, 1.82) is 5.26 Å². The summed E-state index contributed by atoms with van der Waals surface area (Å²) >= 11 is 0. The fourth-order valence-corrected chi connectivity index (χ4v) is 3.01. The minimum absolute atomic E-state index is 0.583. The molecule has 5 heteroatoms. The van der Waals surface area contributed by atoms with Crippen LogP contribution in [0.4, 0.5) is 5.82 Å². The first kappa shape index (κ1) is 14.5. The third-order valence-electron chi connectivity index (χ3n) is 4.20. The first-order valence-electron chi connectivity index (χ1n) is 7.90. The van der Waals surface area contributed by atoms with Gasteiger partial charge in [-0.05, 0) is 31.2 Å². The van der Waals surface area contributed by atoms with Crippen molar-refractivity contribution in [2.24, 2.45) is 0 Å². The molecule has 0 amide bonds. The molecule has 0 spiro atoms. The molecule has 0 atom stereocenters. The second kappa shape index (κ2) is 5.82. The van der Waals surface area contributed by atoms with E-state index in [0.29, 0.717) is 23.8 Å². The van der Waals surface area contributed by atoms with Gasteiger partial charge in [0.05, 0.1) is 17.8 Å². The Morgan fingerprint density at radius 3 is 3.00 bits per heavy atom. The molecule has 0 N–H and O–H groups in total. The van der Waals surface area contributed by atoms with Gasteiger partial charge in [-0.1, -0.05) is 17.7 Å². The molecule has 0 saturated heterocycles. The molecule has 0 bridgehead atoms. The average molecular weight is 316 g/mol. The van der Waals surface area contributed by atoms with Gasteiger partial charge in [0.25, 0.3) is 0 Å². The van der Waals surface area contributed by atoms with E-state index in [1.54, 1.807) is 18.3 Å². The Balaban J connectivity index is 1.66. The van der Waals surface area contributed by atoms with Crippen LogP contribution < -0.4 is 4.90 Å². The quantitative estimate of drug-likeness (QED) is 0.724. The molecule has 3 heterocycles. The normalized spacial score (nSPS) is 13.4. The van der Waals surface area contributed by atoms with Crippen LogP contribution in [0.3, 0.4) is 0 Å². The van der Waals surface area contributed by atoms with E-state index in [9.17, 15) is 5.26 Å². The molecule has 2 aromatic heterocycles. The van der Waals surface area contributed by atoms with Crippen LogP contribution in [0.15, 0.2) is 47.0 Å². The molecular weight excluding hydrogens is 300 g/mol. The highest BCUT2D eigenvalue weighted by Gasteiger charge is 2.25. The largest absolute Gasteiger partial charge is 0.439 e. The van der Waals surface area contributed by atoms with Crippen LogP contribution in [0, 0.1) is 18.3 Å². The van der Waals surface area contributed by atoms with Crippen LogP contribution in [0.1, 0.15) is 22.6 Å². The van der Waals surface area contributed by atoms with Crippen molar-refractivity contribution in [1.82, 2.24) is 9.97 Å². The topological polar surface area (TPSA) is 66.0 Å². The van der Waals surface area contributed by atoms with Crippen LogP contribution in [0.5, 0.6) is 0 Å². The minimum Gasteiger partial charge on any atom is -0.439 e. The van der Waals surface area contributed by atoms with E-state index in [4.69, 9.17) is 4.42 Å². The number of aryl methyl sites for hydroxylation is 1. The van der Waals surface area contributed by atoms with Gasteiger partial charge in [0.2, 0.25) is 5.89 Å². The second-order valence-corrected chi connectivity index (χ2v) is 5.92. The van der Waals surface area contributed by atoms with Gasteiger partial charge < -0.3 is 9.32 Å². The number of pyridine rings is 1. The zero-order chi connectivity index (χ0) is 16.5. The number of aromatic nitrogens is 2. The van der Waals surface area contributed by atoms with Crippen molar-refractivity contribution >= 4 is 5.82 Å². The van der Waals surface area contributed by atoms with Gasteiger partial charge in [-0.25, -0.2) is 9.97 Å². The number of hydrogen-bond acceptors (Lipinski definition) is 5. The van der Waals surface area contributed by atoms with Gasteiger partial charge in [0, 0.05) is 24.7 Å². The van der Waals surface area contributed by atoms with Gasteiger partial charge in [0.15, 0.2) is 0 Å². The zero-order valence-corrected chi connectivity index (χ0v) is 13.4. The highest BCUT2D eigenvalue weighted by molar-refractivity contribution is 5.57. The average Bonchev–Trinajstić information content (AvgIpc) is 3.05. The Morgan fingerprint density at radius 2 is 2.17 bits per heavy atom. The fraction of sp³-hybridized carbons (Fsp3) is 0.211. The maximum absolute atomic E-state index is 9.27. The van der Waals surface area contributed by atoms with Gasteiger partial charge in [0.1, 0.15) is 17.6 Å². The van der Waals surface area contributed by atoms with Crippen LogP contribution in [0.25, 0.3) is 11.5 Å². The second-order valence-electron chi connectivity index (χ2n) is 5.92. The number of hydrogen-bond donors (Lipinski definition) is 0. The smallest absolute Gasteiger partial charge is 0.226 e. The predicted octanol–water partition coefficient (Wildman–Crippen LogP) is 3.48. The van der Waals surface area contributed by atoms with Crippen LogP contribution >= 0.6 is 0 Å². The maximum atomic E-state index is 9.27. The summed E-state index contributed by atoms with van der Waals surface area (Å²) in [5.41, 5.74) is 3.75. The van der Waals surface area contributed by atoms with Crippen molar-refractivity contribution in [2.75, 3.05) is 11.4 Å². The third-order valence-corrected chi connectivity index (χ3v) is 4.20. The van der Waals surface area contributed by atoms with E-state index < -0.39 is 0 Å². The number of oxazole rings is 1. The molecule has 4 rings (SSSR count). The Labute approximate surface area is 140 Å². The van der Waals surface area contributed by atoms with Crippen LogP contribution in [0.2, 0.25) is 0 Å². The molecule has 0 saturated carbocycles. The fourth-order valence-electron chi connectivity index (χ4n) is 3.01. The molecule has 0 fully saturated rings. The first-order valence-corrected chi connectivity index (χ1v) is 7.90. The Kier molecular flexibility index (Phi) is 3.51. The van der Waals surface area contributed by atoms with Gasteiger partial charge in [-0.3, -0.25) is 0 Å². The SMILES string of the molecule is Cc1cccc(-c2nc3c(o2)CN(c2ncccc2C#N)CC3)c1. The number of fused-ring (bicyclic) bond motifs is 1. The molecule has 118 valence electrons. The van der Waals surface area contributed by atoms with Crippen molar-refractivity contribution in [3.05, 3.63) is 65.2 Å². The third kappa shape index (κ3) is 2.52. The summed E-state index contributed by atoms with van der Waals surface area (Å²) in [6.07, 6.45) is 2.50. The molecule has 5 nitrogen and oxygen atoms in total. The van der Waals surface area contributed by atoms with Crippen molar-refractivity contribution in [3.63, 3.8) is 0 Å². The molecule has 0 radical (unpaired) electrons. The van der Waals surface area contributed by atoms with Crippen molar-refractivity contribution in [2.45, 2.75) is 19.9 Å². The Morgan fingerprint density at radius 1 is 1.25 bits per heavy atom. The van der Waals surface area contributed by atoms with E-state index >= 15 is 0 Å². The number of nitrogens with zero attached hydrogens (tertiary/aromatic N) is 4. The van der Waals surface area contributed by atoms with Crippen molar-refractivity contribution in [3.8, 4) is 17.5 Å². The molecule has 0 unspecified atom stereocenters.